The molecule has 0 radical (unpaired) electrons. The number of methoxy groups -OCH3 is 1. The second-order valence-electron chi connectivity index (χ2n) is 6.55. The molecule has 1 rings (SSSR count). The smallest absolute Gasteiger partial charge is 0.128 e. The van der Waals surface area contributed by atoms with E-state index in [1.807, 2.05) is 0 Å². The van der Waals surface area contributed by atoms with Crippen LogP contribution < -0.4 is 10.2 Å². The van der Waals surface area contributed by atoms with E-state index in [-0.39, 0.29) is 5.54 Å². The molecule has 0 aliphatic heterocycles. The number of hydrogen-bond acceptors (Lipinski definition) is 4. The van der Waals surface area contributed by atoms with Crippen molar-refractivity contribution in [1.29, 1.82) is 0 Å². The molecule has 0 fully saturated rings. The van der Waals surface area contributed by atoms with Gasteiger partial charge in [0.25, 0.3) is 0 Å². The normalized spacial score (nSPS) is 11.7. The number of rotatable bonds is 8. The van der Waals surface area contributed by atoms with E-state index in [4.69, 9.17) is 9.72 Å². The van der Waals surface area contributed by atoms with Crippen molar-refractivity contribution in [2.75, 3.05) is 32.2 Å². The second kappa shape index (κ2) is 8.35. The Bertz CT molecular complexity index is 427. The van der Waals surface area contributed by atoms with Gasteiger partial charge in [-0.05, 0) is 51.3 Å². The van der Waals surface area contributed by atoms with Gasteiger partial charge in [-0.15, -0.1) is 0 Å². The lowest BCUT2D eigenvalue weighted by molar-refractivity contribution is 0.196. The van der Waals surface area contributed by atoms with Crippen LogP contribution in [-0.2, 0) is 17.7 Å². The minimum Gasteiger partial charge on any atom is -0.385 e. The number of nitrogens with one attached hydrogen (secondary N) is 1. The van der Waals surface area contributed by atoms with Gasteiger partial charge in [0, 0.05) is 45.1 Å². The van der Waals surface area contributed by atoms with Gasteiger partial charge in [0.15, 0.2) is 0 Å². The van der Waals surface area contributed by atoms with Gasteiger partial charge in [0.05, 0.1) is 0 Å². The quantitative estimate of drug-likeness (QED) is 0.748. The fourth-order valence-corrected chi connectivity index (χ4v) is 2.04. The molecule has 0 amide bonds. The van der Waals surface area contributed by atoms with E-state index in [9.17, 15) is 0 Å². The maximum Gasteiger partial charge on any atom is 0.128 e. The van der Waals surface area contributed by atoms with Gasteiger partial charge in [-0.1, -0.05) is 6.92 Å². The molecule has 1 heterocycles. The fraction of sp³-hybridized carbons (Fsp3) is 0.706. The Morgan fingerprint density at radius 3 is 2.57 bits per heavy atom. The summed E-state index contributed by atoms with van der Waals surface area (Å²) in [6.45, 7) is 11.3. The molecule has 0 saturated heterocycles. The number of ether oxygens (including phenoxy) is 1. The minimum atomic E-state index is 0.125. The molecule has 0 aliphatic carbocycles. The summed E-state index contributed by atoms with van der Waals surface area (Å²) in [7, 11) is 3.84. The number of hydrogen-bond donors (Lipinski definition) is 1. The summed E-state index contributed by atoms with van der Waals surface area (Å²) in [5, 5.41) is 3.54. The van der Waals surface area contributed by atoms with E-state index in [2.05, 4.69) is 57.1 Å². The molecule has 4 heteroatoms. The van der Waals surface area contributed by atoms with Gasteiger partial charge >= 0.3 is 0 Å². The van der Waals surface area contributed by atoms with Crippen molar-refractivity contribution < 1.29 is 4.74 Å². The lowest BCUT2D eigenvalue weighted by Crippen LogP contribution is -2.35. The van der Waals surface area contributed by atoms with Crippen LogP contribution in [0.25, 0.3) is 0 Å². The van der Waals surface area contributed by atoms with E-state index >= 15 is 0 Å². The molecular weight excluding hydrogens is 262 g/mol. The van der Waals surface area contributed by atoms with Crippen LogP contribution in [0.5, 0.6) is 0 Å². The Kier molecular flexibility index (Phi) is 7.12. The zero-order valence-electron chi connectivity index (χ0n) is 14.5. The van der Waals surface area contributed by atoms with Crippen molar-refractivity contribution >= 4 is 5.82 Å². The Labute approximate surface area is 129 Å². The first-order chi connectivity index (χ1) is 9.85. The number of pyridine rings is 1. The highest BCUT2D eigenvalue weighted by Crippen LogP contribution is 2.16. The number of nitrogens with zero attached hydrogens (tertiary/aromatic N) is 2. The topological polar surface area (TPSA) is 37.4 Å². The predicted molar refractivity (Wildman–Crippen MR) is 90.0 cm³/mol. The summed E-state index contributed by atoms with van der Waals surface area (Å²) in [5.74, 6) is 1.05. The van der Waals surface area contributed by atoms with Crippen LogP contribution in [0.3, 0.4) is 0 Å². The van der Waals surface area contributed by atoms with Gasteiger partial charge in [-0.2, -0.15) is 0 Å². The summed E-state index contributed by atoms with van der Waals surface area (Å²) in [6.07, 6.45) is 1.98. The molecule has 0 aromatic carbocycles. The lowest BCUT2D eigenvalue weighted by atomic mass is 10.1. The van der Waals surface area contributed by atoms with Gasteiger partial charge in [-0.25, -0.2) is 4.98 Å². The third kappa shape index (κ3) is 6.91. The van der Waals surface area contributed by atoms with E-state index in [1.165, 1.54) is 5.56 Å². The molecule has 4 nitrogen and oxygen atoms in total. The van der Waals surface area contributed by atoms with E-state index in [1.54, 1.807) is 7.11 Å². The zero-order valence-corrected chi connectivity index (χ0v) is 14.5. The van der Waals surface area contributed by atoms with Crippen molar-refractivity contribution in [1.82, 2.24) is 10.3 Å². The minimum absolute atomic E-state index is 0.125. The highest BCUT2D eigenvalue weighted by molar-refractivity contribution is 5.42. The summed E-state index contributed by atoms with van der Waals surface area (Å²) >= 11 is 0. The van der Waals surface area contributed by atoms with Crippen LogP contribution in [0.1, 0.15) is 45.4 Å². The predicted octanol–water partition coefficient (Wildman–Crippen LogP) is 3.00. The van der Waals surface area contributed by atoms with Crippen molar-refractivity contribution in [3.05, 3.63) is 23.4 Å². The summed E-state index contributed by atoms with van der Waals surface area (Å²) in [5.41, 5.74) is 2.57. The second-order valence-corrected chi connectivity index (χ2v) is 6.55. The van der Waals surface area contributed by atoms with Gasteiger partial charge < -0.3 is 15.0 Å². The highest BCUT2D eigenvalue weighted by atomic mass is 16.5. The molecule has 120 valence electrons. The molecule has 0 saturated carbocycles. The van der Waals surface area contributed by atoms with Crippen LogP contribution in [0.15, 0.2) is 12.1 Å². The van der Waals surface area contributed by atoms with Crippen molar-refractivity contribution in [3.8, 4) is 0 Å². The van der Waals surface area contributed by atoms with Gasteiger partial charge in [0.1, 0.15) is 5.82 Å². The lowest BCUT2D eigenvalue weighted by Gasteiger charge is -2.23. The number of aryl methyl sites for hydroxylation is 1. The molecule has 21 heavy (non-hydrogen) atoms. The first kappa shape index (κ1) is 17.9. The molecule has 1 aromatic heterocycles. The summed E-state index contributed by atoms with van der Waals surface area (Å²) in [6, 6.07) is 4.38. The fourth-order valence-electron chi connectivity index (χ4n) is 2.04. The average Bonchev–Trinajstić information content (AvgIpc) is 2.44. The van der Waals surface area contributed by atoms with Crippen LogP contribution in [0.4, 0.5) is 5.82 Å². The Morgan fingerprint density at radius 2 is 2.00 bits per heavy atom. The molecule has 0 bridgehead atoms. The maximum absolute atomic E-state index is 5.12. The number of aromatic nitrogens is 1. The van der Waals surface area contributed by atoms with Crippen LogP contribution in [0.2, 0.25) is 0 Å². The number of anilines is 1. The monoisotopic (exact) mass is 293 g/mol. The SMILES string of the molecule is CCc1cc(CNC(C)(C)C)cc(N(C)CCCOC)n1. The molecular formula is C17H31N3O. The van der Waals surface area contributed by atoms with Crippen molar-refractivity contribution in [3.63, 3.8) is 0 Å². The van der Waals surface area contributed by atoms with E-state index < -0.39 is 0 Å². The van der Waals surface area contributed by atoms with Crippen LogP contribution >= 0.6 is 0 Å². The van der Waals surface area contributed by atoms with Crippen LogP contribution in [-0.4, -0.2) is 37.8 Å². The van der Waals surface area contributed by atoms with E-state index in [0.717, 1.165) is 44.0 Å². The molecule has 1 N–H and O–H groups in total. The Morgan fingerprint density at radius 1 is 1.29 bits per heavy atom. The Balaban J connectivity index is 2.79. The van der Waals surface area contributed by atoms with Gasteiger partial charge in [-0.3, -0.25) is 0 Å². The summed E-state index contributed by atoms with van der Waals surface area (Å²) < 4.78 is 5.12. The van der Waals surface area contributed by atoms with Crippen molar-refractivity contribution in [2.45, 2.75) is 52.6 Å². The molecule has 0 atom stereocenters. The largest absolute Gasteiger partial charge is 0.385 e. The Hall–Kier alpha value is -1.13. The maximum atomic E-state index is 5.12. The standard InChI is InChI=1S/C17H31N3O/c1-7-15-11-14(13-18-17(2,3)4)12-16(19-15)20(5)9-8-10-21-6/h11-12,18H,7-10,13H2,1-6H3. The van der Waals surface area contributed by atoms with Crippen molar-refractivity contribution in [2.24, 2.45) is 0 Å². The molecule has 0 unspecified atom stereocenters. The average molecular weight is 293 g/mol. The highest BCUT2D eigenvalue weighted by Gasteiger charge is 2.11. The first-order valence-electron chi connectivity index (χ1n) is 7.80. The third-order valence-electron chi connectivity index (χ3n) is 3.34. The molecule has 0 aliphatic rings. The van der Waals surface area contributed by atoms with Gasteiger partial charge in [0.2, 0.25) is 0 Å². The van der Waals surface area contributed by atoms with Crippen LogP contribution in [0, 0.1) is 0 Å². The molecule has 0 spiro atoms. The molecule has 1 aromatic rings. The first-order valence-corrected chi connectivity index (χ1v) is 7.80. The zero-order chi connectivity index (χ0) is 15.9. The third-order valence-corrected chi connectivity index (χ3v) is 3.34. The van der Waals surface area contributed by atoms with E-state index in [0.29, 0.717) is 0 Å². The summed E-state index contributed by atoms with van der Waals surface area (Å²) in [4.78, 5) is 6.94.